The smallest absolute Gasteiger partial charge is 0.260 e. The molecule has 3 aliphatic rings. The van der Waals surface area contributed by atoms with Crippen molar-refractivity contribution in [3.05, 3.63) is 23.3 Å². The van der Waals surface area contributed by atoms with Crippen LogP contribution in [0.3, 0.4) is 0 Å². The molecule has 28 heavy (non-hydrogen) atoms. The first kappa shape index (κ1) is 19.5. The number of hydrogen-bond donors (Lipinski definition) is 2. The highest BCUT2D eigenvalue weighted by atomic mass is 32.2. The number of rotatable bonds is 5. The van der Waals surface area contributed by atoms with Crippen LogP contribution in [0.25, 0.3) is 0 Å². The van der Waals surface area contributed by atoms with Crippen LogP contribution in [0.4, 0.5) is 0 Å². The lowest BCUT2D eigenvalue weighted by Crippen LogP contribution is -2.57. The van der Waals surface area contributed by atoms with Crippen LogP contribution in [-0.2, 0) is 25.3 Å². The Morgan fingerprint density at radius 3 is 2.82 bits per heavy atom. The fourth-order valence-electron chi connectivity index (χ4n) is 5.37. The van der Waals surface area contributed by atoms with Crippen molar-refractivity contribution in [3.8, 4) is 11.5 Å². The molecule has 1 aliphatic heterocycles. The van der Waals surface area contributed by atoms with Gasteiger partial charge in [0, 0.05) is 6.42 Å². The molecule has 4 rings (SSSR count). The van der Waals surface area contributed by atoms with Gasteiger partial charge in [0.25, 0.3) is 12.3 Å². The molecule has 2 amide bonds. The number of ether oxygens (including phenoxy) is 1. The molecule has 1 saturated carbocycles. The molecule has 1 aromatic rings. The van der Waals surface area contributed by atoms with Crippen LogP contribution in [0.1, 0.15) is 49.7 Å². The molecular weight excluding hydrogens is 384 g/mol. The van der Waals surface area contributed by atoms with Crippen LogP contribution in [0.5, 0.6) is 11.5 Å². The van der Waals surface area contributed by atoms with E-state index in [4.69, 9.17) is 14.8 Å². The van der Waals surface area contributed by atoms with E-state index < -0.39 is 5.41 Å². The van der Waals surface area contributed by atoms with Crippen LogP contribution in [-0.4, -0.2) is 18.9 Å². The zero-order chi connectivity index (χ0) is 19.9. The molecule has 9 heteroatoms. The van der Waals surface area contributed by atoms with E-state index in [-0.39, 0.29) is 17.7 Å². The van der Waals surface area contributed by atoms with E-state index in [9.17, 15) is 9.59 Å². The number of amides is 2. The molecule has 1 heterocycles. The highest BCUT2D eigenvalue weighted by Crippen LogP contribution is 2.57. The van der Waals surface area contributed by atoms with Gasteiger partial charge in [-0.2, -0.15) is 5.90 Å². The summed E-state index contributed by atoms with van der Waals surface area (Å²) >= 11 is 0.615. The number of carbonyl (C=O) groups is 2. The van der Waals surface area contributed by atoms with E-state index >= 15 is 0 Å². The Balaban J connectivity index is 1.64. The fourth-order valence-corrected chi connectivity index (χ4v) is 5.63. The summed E-state index contributed by atoms with van der Waals surface area (Å²) < 4.78 is 15.5. The number of nitrogens with one attached hydrogen (secondary N) is 1. The minimum Gasteiger partial charge on any atom is -0.493 e. The first-order valence-electron chi connectivity index (χ1n) is 9.39. The minimum absolute atomic E-state index is 0.0771. The van der Waals surface area contributed by atoms with Gasteiger partial charge in [-0.05, 0) is 66.7 Å². The fraction of sp³-hybridized carbons (Fsp3) is 0.579. The Morgan fingerprint density at radius 1 is 1.25 bits per heavy atom. The monoisotopic (exact) mass is 408 g/mol. The van der Waals surface area contributed by atoms with E-state index in [1.165, 1.54) is 11.1 Å². The van der Waals surface area contributed by atoms with Crippen LogP contribution in [0.2, 0.25) is 0 Å². The zero-order valence-electron chi connectivity index (χ0n) is 15.9. The van der Waals surface area contributed by atoms with E-state index in [1.807, 2.05) is 19.1 Å². The van der Waals surface area contributed by atoms with Crippen molar-refractivity contribution in [1.29, 1.82) is 0 Å². The van der Waals surface area contributed by atoms with Crippen molar-refractivity contribution in [3.63, 3.8) is 0 Å². The Labute approximate surface area is 167 Å². The van der Waals surface area contributed by atoms with E-state index in [2.05, 4.69) is 14.6 Å². The first-order valence-corrected chi connectivity index (χ1v) is 10.1. The van der Waals surface area contributed by atoms with Crippen molar-refractivity contribution in [2.45, 2.75) is 44.9 Å². The topological polar surface area (TPSA) is 109 Å². The predicted molar refractivity (Wildman–Crippen MR) is 101 cm³/mol. The van der Waals surface area contributed by atoms with Crippen molar-refractivity contribution < 1.29 is 27.8 Å². The lowest BCUT2D eigenvalue weighted by molar-refractivity contribution is -0.199. The third kappa shape index (κ3) is 3.16. The Bertz CT molecular complexity index is 803. The summed E-state index contributed by atoms with van der Waals surface area (Å²) in [6.45, 7) is 2.01. The minimum atomic E-state index is -0.462. The van der Waals surface area contributed by atoms with Gasteiger partial charge in [0.15, 0.2) is 11.5 Å². The highest BCUT2D eigenvalue weighted by Gasteiger charge is 2.55. The lowest BCUT2D eigenvalue weighted by atomic mass is 9.52. The molecule has 8 nitrogen and oxygen atoms in total. The average molecular weight is 408 g/mol. The molecule has 2 aliphatic carbocycles. The first-order chi connectivity index (χ1) is 13.5. The van der Waals surface area contributed by atoms with Crippen LogP contribution >= 0.6 is 12.3 Å². The van der Waals surface area contributed by atoms with Crippen LogP contribution in [0.15, 0.2) is 12.1 Å². The van der Waals surface area contributed by atoms with Gasteiger partial charge >= 0.3 is 0 Å². The lowest BCUT2D eigenvalue weighted by Gasteiger charge is -2.52. The summed E-state index contributed by atoms with van der Waals surface area (Å²) in [5.41, 5.74) is 1.96. The molecule has 0 spiro atoms. The van der Waals surface area contributed by atoms with Gasteiger partial charge in [0.05, 0.1) is 12.5 Å². The van der Waals surface area contributed by atoms with E-state index in [0.29, 0.717) is 42.1 Å². The zero-order valence-corrected chi connectivity index (χ0v) is 16.7. The number of benzene rings is 1. The molecule has 152 valence electrons. The third-order valence-electron chi connectivity index (χ3n) is 6.77. The number of aryl methyl sites for hydroxylation is 1. The molecule has 2 fully saturated rings. The summed E-state index contributed by atoms with van der Waals surface area (Å²) in [6, 6.07) is 3.97. The molecule has 0 aromatic heterocycles. The van der Waals surface area contributed by atoms with Gasteiger partial charge in [0.1, 0.15) is 0 Å². The summed E-state index contributed by atoms with van der Waals surface area (Å²) in [5.74, 6) is 6.38. The van der Waals surface area contributed by atoms with Crippen molar-refractivity contribution in [2.75, 3.05) is 7.11 Å². The summed E-state index contributed by atoms with van der Waals surface area (Å²) in [7, 11) is 1.59. The second kappa shape index (κ2) is 7.55. The van der Waals surface area contributed by atoms with Crippen molar-refractivity contribution in [1.82, 2.24) is 5.32 Å². The number of methoxy groups -OCH3 is 1. The number of fused-ring (bicyclic) bond motifs is 5. The van der Waals surface area contributed by atoms with Gasteiger partial charge in [-0.3, -0.25) is 14.9 Å². The molecule has 0 bridgehead atoms. The van der Waals surface area contributed by atoms with Crippen LogP contribution < -0.4 is 20.1 Å². The standard InChI is InChI=1S/C19H24N2O6S/c1-19-6-5-11-12(14(19)9-17(22)21-18(19)23)4-3-10-7-16(25-28-27-26-20)15(24-2)8-13(10)11/h7-8,11-12,14H,3-6,9,20H2,1-2H3,(H,21,22,23)/t11?,12?,14?,19-/m0/s1. The molecule has 3 N–H and O–H groups in total. The highest BCUT2D eigenvalue weighted by molar-refractivity contribution is 7.90. The largest absolute Gasteiger partial charge is 0.493 e. The van der Waals surface area contributed by atoms with Gasteiger partial charge < -0.3 is 8.92 Å². The normalized spacial score (nSPS) is 31.3. The molecule has 1 aromatic carbocycles. The summed E-state index contributed by atoms with van der Waals surface area (Å²) in [5, 5.41) is 2.54. The Kier molecular flexibility index (Phi) is 5.26. The maximum absolute atomic E-state index is 12.5. The number of imide groups is 1. The molecule has 4 atom stereocenters. The van der Waals surface area contributed by atoms with E-state index in [1.54, 1.807) is 7.11 Å². The second-order valence-corrected chi connectivity index (χ2v) is 8.41. The summed E-state index contributed by atoms with van der Waals surface area (Å²) in [6.07, 6.45) is 3.91. The maximum Gasteiger partial charge on any atom is 0.260 e. The molecule has 0 radical (unpaired) electrons. The summed E-state index contributed by atoms with van der Waals surface area (Å²) in [4.78, 5) is 28.6. The van der Waals surface area contributed by atoms with E-state index in [0.717, 1.165) is 25.7 Å². The Hall–Kier alpha value is -1.81. The molecule has 3 unspecified atom stereocenters. The van der Waals surface area contributed by atoms with Gasteiger partial charge in [-0.25, -0.2) is 0 Å². The quantitative estimate of drug-likeness (QED) is 0.252. The van der Waals surface area contributed by atoms with Gasteiger partial charge in [-0.1, -0.05) is 6.92 Å². The van der Waals surface area contributed by atoms with Crippen LogP contribution in [0, 0.1) is 17.3 Å². The third-order valence-corrected chi connectivity index (χ3v) is 7.15. The van der Waals surface area contributed by atoms with Crippen molar-refractivity contribution >= 4 is 24.1 Å². The number of piperidine rings is 1. The second-order valence-electron chi connectivity index (χ2n) is 7.97. The molecule has 1 saturated heterocycles. The average Bonchev–Trinajstić information content (AvgIpc) is 2.68. The predicted octanol–water partition coefficient (Wildman–Crippen LogP) is 2.57. The van der Waals surface area contributed by atoms with Gasteiger partial charge in [0.2, 0.25) is 11.8 Å². The SMILES string of the molecule is COc1cc2c(cc1OSOON)CCC1C2CC[C@]2(C)C(=O)NC(=O)CC12. The number of carbonyl (C=O) groups excluding carboxylic acids is 2. The maximum atomic E-state index is 12.5. The number of hydrogen-bond acceptors (Lipinski definition) is 8. The van der Waals surface area contributed by atoms with Crippen molar-refractivity contribution in [2.24, 2.45) is 23.1 Å². The Morgan fingerprint density at radius 2 is 2.07 bits per heavy atom. The number of nitrogens with two attached hydrogens (primary N) is 1. The van der Waals surface area contributed by atoms with Gasteiger partial charge in [-0.15, -0.1) is 9.32 Å². The molecular formula is C19H24N2O6S.